The summed E-state index contributed by atoms with van der Waals surface area (Å²) in [6.45, 7) is 2.62. The van der Waals surface area contributed by atoms with Crippen LogP contribution >= 0.6 is 0 Å². The first-order valence-corrected chi connectivity index (χ1v) is 5.98. The lowest BCUT2D eigenvalue weighted by Crippen LogP contribution is -2.29. The summed E-state index contributed by atoms with van der Waals surface area (Å²) in [6, 6.07) is 11.7. The van der Waals surface area contributed by atoms with E-state index >= 15 is 0 Å². The lowest BCUT2D eigenvalue weighted by molar-refractivity contribution is 0.274. The lowest BCUT2D eigenvalue weighted by Gasteiger charge is -2.14. The second-order valence-corrected chi connectivity index (χ2v) is 4.19. The molecule has 0 aliphatic rings. The summed E-state index contributed by atoms with van der Waals surface area (Å²) in [5, 5.41) is 0. The summed E-state index contributed by atoms with van der Waals surface area (Å²) < 4.78 is 11.0. The molecular formula is C14H18N2O2. The fourth-order valence-corrected chi connectivity index (χ4v) is 1.80. The van der Waals surface area contributed by atoms with Gasteiger partial charge in [0.1, 0.15) is 11.5 Å². The third-order valence-electron chi connectivity index (χ3n) is 2.75. The Morgan fingerprint density at radius 2 is 2.22 bits per heavy atom. The number of rotatable bonds is 6. The molecule has 0 aliphatic heterocycles. The van der Waals surface area contributed by atoms with Gasteiger partial charge in [-0.1, -0.05) is 12.1 Å². The molecule has 18 heavy (non-hydrogen) atoms. The molecule has 2 aromatic rings. The average molecular weight is 246 g/mol. The molecule has 4 heteroatoms. The second kappa shape index (κ2) is 6.23. The van der Waals surface area contributed by atoms with Gasteiger partial charge < -0.3 is 9.15 Å². The molecule has 0 saturated carbocycles. The van der Waals surface area contributed by atoms with Gasteiger partial charge in [-0.25, -0.2) is 5.43 Å². The molecule has 0 aliphatic carbocycles. The van der Waals surface area contributed by atoms with E-state index in [4.69, 9.17) is 15.0 Å². The van der Waals surface area contributed by atoms with Gasteiger partial charge in [-0.2, -0.15) is 0 Å². The molecule has 0 bridgehead atoms. The van der Waals surface area contributed by atoms with Gasteiger partial charge in [0.05, 0.1) is 18.9 Å². The minimum absolute atomic E-state index is 0.0233. The summed E-state index contributed by atoms with van der Waals surface area (Å²) in [5.74, 6) is 7.21. The number of furan rings is 1. The second-order valence-electron chi connectivity index (χ2n) is 4.19. The zero-order chi connectivity index (χ0) is 12.8. The van der Waals surface area contributed by atoms with Crippen LogP contribution in [0.5, 0.6) is 5.75 Å². The first-order valence-electron chi connectivity index (χ1n) is 5.98. The first kappa shape index (κ1) is 12.7. The highest BCUT2D eigenvalue weighted by molar-refractivity contribution is 5.27. The van der Waals surface area contributed by atoms with Crippen LogP contribution in [0.2, 0.25) is 0 Å². The summed E-state index contributed by atoms with van der Waals surface area (Å²) in [4.78, 5) is 0. The fourth-order valence-electron chi connectivity index (χ4n) is 1.80. The van der Waals surface area contributed by atoms with Gasteiger partial charge in [-0.15, -0.1) is 0 Å². The topological polar surface area (TPSA) is 60.4 Å². The monoisotopic (exact) mass is 246 g/mol. The van der Waals surface area contributed by atoms with E-state index in [-0.39, 0.29) is 6.04 Å². The number of benzene rings is 1. The van der Waals surface area contributed by atoms with E-state index in [9.17, 15) is 0 Å². The Hall–Kier alpha value is -1.78. The van der Waals surface area contributed by atoms with Crippen LogP contribution in [-0.2, 0) is 0 Å². The smallest absolute Gasteiger partial charge is 0.122 e. The zero-order valence-corrected chi connectivity index (χ0v) is 10.4. The average Bonchev–Trinajstić information content (AvgIpc) is 2.88. The molecule has 4 nitrogen and oxygen atoms in total. The standard InChI is InChI=1S/C14H18N2O2/c1-11-4-2-5-12(10-11)17-9-7-13(16-15)14-6-3-8-18-14/h2-6,8,10,13,16H,7,9,15H2,1H3. The van der Waals surface area contributed by atoms with Crippen molar-refractivity contribution < 1.29 is 9.15 Å². The van der Waals surface area contributed by atoms with Gasteiger partial charge in [-0.3, -0.25) is 5.84 Å². The van der Waals surface area contributed by atoms with E-state index in [2.05, 4.69) is 5.43 Å². The molecule has 1 aromatic heterocycles. The van der Waals surface area contributed by atoms with Crippen molar-refractivity contribution >= 4 is 0 Å². The summed E-state index contributed by atoms with van der Waals surface area (Å²) in [7, 11) is 0. The van der Waals surface area contributed by atoms with Gasteiger partial charge >= 0.3 is 0 Å². The number of hydrogen-bond donors (Lipinski definition) is 2. The van der Waals surface area contributed by atoms with Crippen molar-refractivity contribution in [2.75, 3.05) is 6.61 Å². The van der Waals surface area contributed by atoms with Crippen LogP contribution in [0.3, 0.4) is 0 Å². The quantitative estimate of drug-likeness (QED) is 0.607. The Labute approximate surface area is 107 Å². The highest BCUT2D eigenvalue weighted by atomic mass is 16.5. The van der Waals surface area contributed by atoms with Crippen molar-refractivity contribution in [3.8, 4) is 5.75 Å². The Morgan fingerprint density at radius 3 is 2.89 bits per heavy atom. The molecule has 0 saturated heterocycles. The number of nitrogens with two attached hydrogens (primary N) is 1. The van der Waals surface area contributed by atoms with Crippen LogP contribution in [0.15, 0.2) is 47.1 Å². The predicted molar refractivity (Wildman–Crippen MR) is 70.1 cm³/mol. The Morgan fingerprint density at radius 1 is 1.33 bits per heavy atom. The van der Waals surface area contributed by atoms with Gasteiger partial charge in [0.25, 0.3) is 0 Å². The highest BCUT2D eigenvalue weighted by Gasteiger charge is 2.12. The van der Waals surface area contributed by atoms with E-state index in [1.54, 1.807) is 6.26 Å². The van der Waals surface area contributed by atoms with Crippen LogP contribution < -0.4 is 16.0 Å². The van der Waals surface area contributed by atoms with Crippen LogP contribution in [-0.4, -0.2) is 6.61 Å². The van der Waals surface area contributed by atoms with Crippen molar-refractivity contribution in [1.29, 1.82) is 0 Å². The van der Waals surface area contributed by atoms with Gasteiger partial charge in [0.2, 0.25) is 0 Å². The van der Waals surface area contributed by atoms with Crippen molar-refractivity contribution in [3.63, 3.8) is 0 Å². The molecule has 0 fully saturated rings. The number of hydrazine groups is 1. The van der Waals surface area contributed by atoms with Crippen molar-refractivity contribution in [1.82, 2.24) is 5.43 Å². The summed E-state index contributed by atoms with van der Waals surface area (Å²) >= 11 is 0. The molecule has 1 unspecified atom stereocenters. The molecule has 0 radical (unpaired) electrons. The maximum absolute atomic E-state index is 5.68. The van der Waals surface area contributed by atoms with Crippen molar-refractivity contribution in [2.24, 2.45) is 5.84 Å². The van der Waals surface area contributed by atoms with Crippen LogP contribution in [0.4, 0.5) is 0 Å². The van der Waals surface area contributed by atoms with E-state index in [0.29, 0.717) is 6.61 Å². The van der Waals surface area contributed by atoms with E-state index in [0.717, 1.165) is 17.9 Å². The molecular weight excluding hydrogens is 228 g/mol. The molecule has 0 amide bonds. The van der Waals surface area contributed by atoms with Crippen LogP contribution in [0.25, 0.3) is 0 Å². The normalized spacial score (nSPS) is 12.3. The minimum atomic E-state index is -0.0233. The van der Waals surface area contributed by atoms with Crippen LogP contribution in [0.1, 0.15) is 23.8 Å². The zero-order valence-electron chi connectivity index (χ0n) is 10.4. The molecule has 1 aromatic carbocycles. The SMILES string of the molecule is Cc1cccc(OCCC(NN)c2ccco2)c1. The summed E-state index contributed by atoms with van der Waals surface area (Å²) in [5.41, 5.74) is 3.92. The van der Waals surface area contributed by atoms with Crippen molar-refractivity contribution in [3.05, 3.63) is 54.0 Å². The number of aryl methyl sites for hydroxylation is 1. The third-order valence-corrected chi connectivity index (χ3v) is 2.75. The number of hydrogen-bond acceptors (Lipinski definition) is 4. The minimum Gasteiger partial charge on any atom is -0.494 e. The van der Waals surface area contributed by atoms with Crippen molar-refractivity contribution in [2.45, 2.75) is 19.4 Å². The number of ether oxygens (including phenoxy) is 1. The number of nitrogens with one attached hydrogen (secondary N) is 1. The molecule has 96 valence electrons. The largest absolute Gasteiger partial charge is 0.494 e. The van der Waals surface area contributed by atoms with E-state index in [1.807, 2.05) is 43.3 Å². The van der Waals surface area contributed by atoms with Crippen LogP contribution in [0, 0.1) is 6.92 Å². The maximum atomic E-state index is 5.68. The maximum Gasteiger partial charge on any atom is 0.122 e. The molecule has 1 heterocycles. The third kappa shape index (κ3) is 3.35. The van der Waals surface area contributed by atoms with Gasteiger partial charge in [0, 0.05) is 6.42 Å². The highest BCUT2D eigenvalue weighted by Crippen LogP contribution is 2.18. The fraction of sp³-hybridized carbons (Fsp3) is 0.286. The summed E-state index contributed by atoms with van der Waals surface area (Å²) in [6.07, 6.45) is 2.39. The van der Waals surface area contributed by atoms with E-state index < -0.39 is 0 Å². The predicted octanol–water partition coefficient (Wildman–Crippen LogP) is 2.56. The Bertz CT molecular complexity index is 468. The van der Waals surface area contributed by atoms with Gasteiger partial charge in [-0.05, 0) is 36.8 Å². The Balaban J connectivity index is 1.84. The molecule has 2 rings (SSSR count). The molecule has 0 spiro atoms. The van der Waals surface area contributed by atoms with Gasteiger partial charge in [0.15, 0.2) is 0 Å². The van der Waals surface area contributed by atoms with E-state index in [1.165, 1.54) is 5.56 Å². The first-order chi connectivity index (χ1) is 8.79. The molecule has 1 atom stereocenters. The Kier molecular flexibility index (Phi) is 4.39. The molecule has 3 N–H and O–H groups in total. The lowest BCUT2D eigenvalue weighted by atomic mass is 10.2.